The summed E-state index contributed by atoms with van der Waals surface area (Å²) in [5.74, 6) is 0.183. The maximum absolute atomic E-state index is 11.2. The first-order valence-corrected chi connectivity index (χ1v) is 11.1. The molecular weight excluding hydrogens is 474 g/mol. The Bertz CT molecular complexity index is 1370. The molecule has 2 aromatic heterocycles. The molecule has 0 radical (unpaired) electrons. The number of nitrogens with one attached hydrogen (secondary N) is 1. The van der Waals surface area contributed by atoms with E-state index in [1.807, 2.05) is 30.3 Å². The lowest BCUT2D eigenvalue weighted by atomic mass is 10.0. The average Bonchev–Trinajstić information content (AvgIpc) is 3.46. The summed E-state index contributed by atoms with van der Waals surface area (Å²) in [6.45, 7) is 0. The molecule has 5 rings (SSSR count). The third kappa shape index (κ3) is 3.98. The van der Waals surface area contributed by atoms with E-state index in [1.165, 1.54) is 18.2 Å². The van der Waals surface area contributed by atoms with Gasteiger partial charge in [0.1, 0.15) is 23.3 Å². The number of aromatic hydroxyl groups is 1. The van der Waals surface area contributed by atoms with Crippen LogP contribution in [0.5, 0.6) is 5.75 Å². The first-order chi connectivity index (χ1) is 16.4. The normalized spacial score (nSPS) is 17.6. The molecule has 0 bridgehead atoms. The minimum Gasteiger partial charge on any atom is -0.506 e. The second-order valence-electron chi connectivity index (χ2n) is 7.71. The number of thiocarbonyl (C=S) groups is 1. The predicted molar refractivity (Wildman–Crippen MR) is 132 cm³/mol. The number of furan rings is 1. The number of phenols is 1. The zero-order chi connectivity index (χ0) is 23.8. The van der Waals surface area contributed by atoms with Gasteiger partial charge in [0.25, 0.3) is 0 Å². The second-order valence-corrected chi connectivity index (χ2v) is 8.54. The lowest BCUT2D eigenvalue weighted by molar-refractivity contribution is 0.0697. The molecule has 0 saturated carbocycles. The van der Waals surface area contributed by atoms with E-state index in [1.54, 1.807) is 35.4 Å². The molecule has 2 atom stereocenters. The molecule has 1 fully saturated rings. The van der Waals surface area contributed by atoms with Crippen LogP contribution in [-0.2, 0) is 0 Å². The highest BCUT2D eigenvalue weighted by Crippen LogP contribution is 2.45. The quantitative estimate of drug-likeness (QED) is 0.311. The molecule has 3 heterocycles. The molecule has 7 nitrogen and oxygen atoms in total. The Morgan fingerprint density at radius 3 is 2.59 bits per heavy atom. The van der Waals surface area contributed by atoms with Crippen LogP contribution in [0.1, 0.15) is 33.9 Å². The number of rotatable bonds is 5. The van der Waals surface area contributed by atoms with E-state index in [9.17, 15) is 9.90 Å². The highest BCUT2D eigenvalue weighted by atomic mass is 35.5. The Hall–Kier alpha value is -3.88. The number of carboxylic acid groups (broad SMARTS) is 1. The minimum atomic E-state index is -0.993. The molecule has 9 heteroatoms. The monoisotopic (exact) mass is 491 g/mol. The van der Waals surface area contributed by atoms with Crippen molar-refractivity contribution in [3.63, 3.8) is 0 Å². The topological polar surface area (TPSA) is 98.8 Å². The number of carboxylic acids is 1. The van der Waals surface area contributed by atoms with Crippen molar-refractivity contribution < 1.29 is 19.4 Å². The highest BCUT2D eigenvalue weighted by Gasteiger charge is 2.43. The van der Waals surface area contributed by atoms with Crippen molar-refractivity contribution in [2.45, 2.75) is 12.1 Å². The first kappa shape index (κ1) is 21.9. The van der Waals surface area contributed by atoms with E-state index in [4.69, 9.17) is 33.3 Å². The van der Waals surface area contributed by atoms with Crippen molar-refractivity contribution >= 4 is 40.6 Å². The molecule has 34 heavy (non-hydrogen) atoms. The second kappa shape index (κ2) is 8.81. The molecule has 4 aromatic rings. The molecule has 1 saturated heterocycles. The Morgan fingerprint density at radius 2 is 1.88 bits per heavy atom. The molecular formula is C25H18ClN3O4S. The number of phenolic OH excluding ortho intramolecular Hbond substituents is 1. The summed E-state index contributed by atoms with van der Waals surface area (Å²) in [6.07, 6.45) is 1.70. The van der Waals surface area contributed by atoms with Gasteiger partial charge in [0.05, 0.1) is 23.0 Å². The van der Waals surface area contributed by atoms with Gasteiger partial charge in [-0.2, -0.15) is 0 Å². The number of aromatic carboxylic acids is 1. The van der Waals surface area contributed by atoms with Crippen molar-refractivity contribution in [2.75, 3.05) is 4.90 Å². The van der Waals surface area contributed by atoms with Gasteiger partial charge in [-0.15, -0.1) is 0 Å². The van der Waals surface area contributed by atoms with E-state index in [0.29, 0.717) is 27.3 Å². The fraction of sp³-hybridized carbons (Fsp3) is 0.0800. The molecule has 170 valence electrons. The number of carbonyl (C=O) groups is 1. The van der Waals surface area contributed by atoms with Crippen molar-refractivity contribution in [1.29, 1.82) is 0 Å². The third-order valence-electron chi connectivity index (χ3n) is 5.63. The Morgan fingerprint density at radius 1 is 1.09 bits per heavy atom. The average molecular weight is 492 g/mol. The summed E-state index contributed by atoms with van der Waals surface area (Å²) >= 11 is 11.9. The number of anilines is 1. The Kier molecular flexibility index (Phi) is 5.69. The summed E-state index contributed by atoms with van der Waals surface area (Å²) in [7, 11) is 0. The molecule has 0 aliphatic carbocycles. The maximum atomic E-state index is 11.2. The first-order valence-electron chi connectivity index (χ1n) is 10.3. The highest BCUT2D eigenvalue weighted by molar-refractivity contribution is 7.80. The van der Waals surface area contributed by atoms with Gasteiger partial charge in [0.15, 0.2) is 5.11 Å². The zero-order valence-electron chi connectivity index (χ0n) is 17.6. The lowest BCUT2D eigenvalue weighted by Crippen LogP contribution is -2.29. The Labute approximate surface area is 205 Å². The van der Waals surface area contributed by atoms with E-state index >= 15 is 0 Å². The maximum Gasteiger partial charge on any atom is 0.335 e. The van der Waals surface area contributed by atoms with Crippen molar-refractivity contribution in [3.8, 4) is 17.1 Å². The van der Waals surface area contributed by atoms with E-state index in [2.05, 4.69) is 10.3 Å². The smallest absolute Gasteiger partial charge is 0.335 e. The molecule has 3 N–H and O–H groups in total. The molecule has 1 aliphatic rings. The number of pyridine rings is 1. The summed E-state index contributed by atoms with van der Waals surface area (Å²) in [5, 5.41) is 23.9. The van der Waals surface area contributed by atoms with Gasteiger partial charge in [0, 0.05) is 16.8 Å². The van der Waals surface area contributed by atoms with Crippen LogP contribution in [-0.4, -0.2) is 26.3 Å². The summed E-state index contributed by atoms with van der Waals surface area (Å²) in [4.78, 5) is 17.4. The number of hydrogen-bond acceptors (Lipinski definition) is 5. The minimum absolute atomic E-state index is 0.0243. The van der Waals surface area contributed by atoms with Gasteiger partial charge in [-0.1, -0.05) is 29.8 Å². The lowest BCUT2D eigenvalue weighted by Gasteiger charge is -2.26. The predicted octanol–water partition coefficient (Wildman–Crippen LogP) is 5.58. The van der Waals surface area contributed by atoms with Gasteiger partial charge >= 0.3 is 5.97 Å². The van der Waals surface area contributed by atoms with Crippen LogP contribution in [0.4, 0.5) is 5.69 Å². The molecule has 2 unspecified atom stereocenters. The summed E-state index contributed by atoms with van der Waals surface area (Å²) in [5.41, 5.74) is 2.12. The molecule has 0 amide bonds. The van der Waals surface area contributed by atoms with Crippen molar-refractivity contribution in [3.05, 3.63) is 101 Å². The standard InChI is InChI=1S/C25H18ClN3O4S/c26-16-8-9-19(30)18(13-16)29-23(22(28-25(29)34)17-3-1-2-12-27-17)21-11-10-20(33-21)14-4-6-15(7-5-14)24(31)32/h1-13,22-23,30H,(H,28,34)(H,31,32). The van der Waals surface area contributed by atoms with Gasteiger partial charge in [0.2, 0.25) is 0 Å². The molecule has 1 aliphatic heterocycles. The third-order valence-corrected chi connectivity index (χ3v) is 6.18. The SMILES string of the molecule is O=C(O)c1ccc(-c2ccc(C3C(c4ccccn4)NC(=S)N3c3cc(Cl)ccc3O)o2)cc1. The van der Waals surface area contributed by atoms with Crippen LogP contribution in [0.15, 0.2) is 83.4 Å². The fourth-order valence-corrected chi connectivity index (χ4v) is 4.54. The van der Waals surface area contributed by atoms with Crippen molar-refractivity contribution in [1.82, 2.24) is 10.3 Å². The van der Waals surface area contributed by atoms with E-state index in [-0.39, 0.29) is 17.4 Å². The Balaban J connectivity index is 1.59. The van der Waals surface area contributed by atoms with E-state index < -0.39 is 12.0 Å². The van der Waals surface area contributed by atoms with E-state index in [0.717, 1.165) is 11.3 Å². The number of nitrogens with zero attached hydrogens (tertiary/aromatic N) is 2. The number of aromatic nitrogens is 1. The van der Waals surface area contributed by atoms with Gasteiger partial charge in [-0.25, -0.2) is 4.79 Å². The van der Waals surface area contributed by atoms with Gasteiger partial charge in [-0.3, -0.25) is 4.98 Å². The molecule has 0 spiro atoms. The van der Waals surface area contributed by atoms with Gasteiger partial charge < -0.3 is 24.8 Å². The number of hydrogen-bond donors (Lipinski definition) is 3. The zero-order valence-corrected chi connectivity index (χ0v) is 19.1. The van der Waals surface area contributed by atoms with Crippen LogP contribution in [0, 0.1) is 0 Å². The molecule has 2 aromatic carbocycles. The number of halogens is 1. The largest absolute Gasteiger partial charge is 0.506 e. The van der Waals surface area contributed by atoms with Crippen LogP contribution in [0.3, 0.4) is 0 Å². The summed E-state index contributed by atoms with van der Waals surface area (Å²) < 4.78 is 6.24. The van der Waals surface area contributed by atoms with Crippen molar-refractivity contribution in [2.24, 2.45) is 0 Å². The van der Waals surface area contributed by atoms with Crippen LogP contribution < -0.4 is 10.2 Å². The summed E-state index contributed by atoms with van der Waals surface area (Å²) in [6, 6.07) is 19.6. The fourth-order valence-electron chi connectivity index (χ4n) is 4.04. The van der Waals surface area contributed by atoms with Gasteiger partial charge in [-0.05, 0) is 66.8 Å². The van der Waals surface area contributed by atoms with Crippen LogP contribution >= 0.6 is 23.8 Å². The number of benzene rings is 2. The van der Waals surface area contributed by atoms with Crippen LogP contribution in [0.25, 0.3) is 11.3 Å². The van der Waals surface area contributed by atoms with Crippen LogP contribution in [0.2, 0.25) is 5.02 Å².